The fourth-order valence-corrected chi connectivity index (χ4v) is 11.1. The molecule has 0 saturated heterocycles. The lowest BCUT2D eigenvalue weighted by Crippen LogP contribution is -2.53. The molecule has 0 bridgehead atoms. The molecular weight excluding hydrogens is 625 g/mol. The molecule has 3 saturated carbocycles. The van der Waals surface area contributed by atoms with Crippen molar-refractivity contribution in [2.24, 2.45) is 45.3 Å². The minimum Gasteiger partial charge on any atom is -0.362 e. The molecule has 0 spiro atoms. The van der Waals surface area contributed by atoms with Crippen LogP contribution in [0.3, 0.4) is 0 Å². The van der Waals surface area contributed by atoms with E-state index in [4.69, 9.17) is 14.9 Å². The quantitative estimate of drug-likeness (QED) is 0.196. The van der Waals surface area contributed by atoms with Crippen molar-refractivity contribution < 1.29 is 34.3 Å². The second-order valence-electron chi connectivity index (χ2n) is 16.3. The summed E-state index contributed by atoms with van der Waals surface area (Å²) < 4.78 is 75.3. The molecule has 1 aromatic rings. The van der Waals surface area contributed by atoms with E-state index < -0.39 is 20.8 Å². The first kappa shape index (κ1) is 35.4. The summed E-state index contributed by atoms with van der Waals surface area (Å²) in [7, 11) is -9.65. The third kappa shape index (κ3) is 6.70. The van der Waals surface area contributed by atoms with Gasteiger partial charge in [0.2, 0.25) is 0 Å². The molecule has 0 heterocycles. The van der Waals surface area contributed by atoms with Gasteiger partial charge < -0.3 is 8.37 Å². The summed E-state index contributed by atoms with van der Waals surface area (Å²) in [5.74, 6) is 1.48. The van der Waals surface area contributed by atoms with Crippen LogP contribution in [-0.4, -0.2) is 25.9 Å². The van der Waals surface area contributed by atoms with Crippen molar-refractivity contribution in [1.82, 2.24) is 0 Å². The highest BCUT2D eigenvalue weighted by molar-refractivity contribution is 7.81. The van der Waals surface area contributed by atoms with E-state index in [1.807, 2.05) is 0 Å². The van der Waals surface area contributed by atoms with Gasteiger partial charge in [0.25, 0.3) is 0 Å². The molecule has 8 nitrogen and oxygen atoms in total. The maximum Gasteiger partial charge on any atom is 0.446 e. The molecule has 5 rings (SSSR count). The van der Waals surface area contributed by atoms with Gasteiger partial charge in [-0.2, -0.15) is 16.8 Å². The third-order valence-corrected chi connectivity index (χ3v) is 14.3. The maximum atomic E-state index is 11.8. The van der Waals surface area contributed by atoms with Crippen molar-refractivity contribution in [2.75, 3.05) is 0 Å². The van der Waals surface area contributed by atoms with Crippen LogP contribution in [0.2, 0.25) is 0 Å². The lowest BCUT2D eigenvalue weighted by molar-refractivity contribution is -0.0694. The van der Waals surface area contributed by atoms with Crippen LogP contribution in [0.4, 0.5) is 0 Å². The molecule has 7 unspecified atom stereocenters. The Bertz CT molecular complexity index is 1590. The summed E-state index contributed by atoms with van der Waals surface area (Å²) in [5.41, 5.74) is 3.41. The van der Waals surface area contributed by atoms with Crippen LogP contribution >= 0.6 is 0 Å². The number of rotatable bonds is 9. The SMILES string of the molecule is C=C1CCCC2C1(CCC1(C)C3=CCCC(C)(C)C3CCC1C)CCC(C)C2(C)Cc1cc(OS(=O)(=O)O)ccc1OS(=O)(=O)O. The Morgan fingerprint density at radius 1 is 0.891 bits per heavy atom. The number of fused-ring (bicyclic) bond motifs is 2. The summed E-state index contributed by atoms with van der Waals surface area (Å²) in [6.07, 6.45) is 15.1. The Kier molecular flexibility index (Phi) is 9.41. The van der Waals surface area contributed by atoms with E-state index in [1.54, 1.807) is 5.57 Å². The van der Waals surface area contributed by atoms with Crippen LogP contribution < -0.4 is 8.37 Å². The largest absolute Gasteiger partial charge is 0.446 e. The first-order valence-corrected chi connectivity index (χ1v) is 19.8. The minimum absolute atomic E-state index is 0.0768. The molecule has 258 valence electrons. The summed E-state index contributed by atoms with van der Waals surface area (Å²) in [4.78, 5) is 0. The van der Waals surface area contributed by atoms with Crippen molar-refractivity contribution in [2.45, 2.75) is 119 Å². The zero-order valence-electron chi connectivity index (χ0n) is 28.5. The summed E-state index contributed by atoms with van der Waals surface area (Å²) >= 11 is 0. The average molecular weight is 679 g/mol. The smallest absolute Gasteiger partial charge is 0.362 e. The van der Waals surface area contributed by atoms with E-state index in [-0.39, 0.29) is 39.6 Å². The minimum atomic E-state index is -4.85. The van der Waals surface area contributed by atoms with Gasteiger partial charge in [0, 0.05) is 5.56 Å². The lowest BCUT2D eigenvalue weighted by Gasteiger charge is -2.61. The first-order chi connectivity index (χ1) is 21.2. The predicted octanol–water partition coefficient (Wildman–Crippen LogP) is 8.95. The Morgan fingerprint density at radius 2 is 1.59 bits per heavy atom. The van der Waals surface area contributed by atoms with Gasteiger partial charge in [-0.25, -0.2) is 0 Å². The second-order valence-corrected chi connectivity index (χ2v) is 18.3. The molecule has 46 heavy (non-hydrogen) atoms. The van der Waals surface area contributed by atoms with E-state index in [0.717, 1.165) is 51.4 Å². The number of benzene rings is 1. The maximum absolute atomic E-state index is 11.8. The van der Waals surface area contributed by atoms with Gasteiger partial charge >= 0.3 is 20.8 Å². The second kappa shape index (κ2) is 12.2. The van der Waals surface area contributed by atoms with Gasteiger partial charge in [0.1, 0.15) is 11.5 Å². The zero-order valence-corrected chi connectivity index (χ0v) is 30.1. The summed E-state index contributed by atoms with van der Waals surface area (Å²) in [6, 6.07) is 3.84. The van der Waals surface area contributed by atoms with Crippen LogP contribution in [0, 0.1) is 45.3 Å². The van der Waals surface area contributed by atoms with Crippen molar-refractivity contribution in [3.8, 4) is 11.5 Å². The molecule has 0 amide bonds. The van der Waals surface area contributed by atoms with Crippen molar-refractivity contribution >= 4 is 20.8 Å². The Hall–Kier alpha value is -1.88. The van der Waals surface area contributed by atoms with Gasteiger partial charge in [-0.15, -0.1) is 0 Å². The van der Waals surface area contributed by atoms with E-state index in [2.05, 4.69) is 47.6 Å². The Balaban J connectivity index is 1.52. The molecule has 0 aromatic heterocycles. The van der Waals surface area contributed by atoms with Gasteiger partial charge in [0.15, 0.2) is 0 Å². The van der Waals surface area contributed by atoms with Crippen molar-refractivity contribution in [1.29, 1.82) is 0 Å². The van der Waals surface area contributed by atoms with Gasteiger partial charge in [0.05, 0.1) is 0 Å². The lowest BCUT2D eigenvalue weighted by atomic mass is 9.43. The molecule has 0 radical (unpaired) electrons. The van der Waals surface area contributed by atoms with Crippen LogP contribution in [0.5, 0.6) is 11.5 Å². The number of hydrogen-bond acceptors (Lipinski definition) is 6. The molecule has 0 aliphatic heterocycles. The molecule has 10 heteroatoms. The van der Waals surface area contributed by atoms with E-state index in [0.29, 0.717) is 29.2 Å². The highest BCUT2D eigenvalue weighted by Crippen LogP contribution is 2.66. The van der Waals surface area contributed by atoms with Gasteiger partial charge in [-0.3, -0.25) is 9.11 Å². The zero-order chi connectivity index (χ0) is 33.9. The van der Waals surface area contributed by atoms with E-state index in [1.165, 1.54) is 43.0 Å². The van der Waals surface area contributed by atoms with Crippen LogP contribution in [-0.2, 0) is 27.2 Å². The molecule has 3 fully saturated rings. The Labute approximate surface area is 277 Å². The number of allylic oxidation sites excluding steroid dienone is 3. The standard InChI is InChI=1S/C36H54O8S2/c1-24-13-15-29-30(11-9-18-33(29,4)5)34(24,6)20-21-36-19-17-25(2)35(7,32(36)12-8-10-26(36)3)23-27-22-28(43-45(37,38)39)14-16-31(27)44-46(40,41)42/h11,14,16,22,24-25,29,32H,3,8-10,12-13,15,17-21,23H2,1-2,4-7H3,(H,37,38,39)(H,40,41,42). The fraction of sp³-hybridized carbons (Fsp3) is 0.722. The first-order valence-electron chi connectivity index (χ1n) is 17.1. The van der Waals surface area contributed by atoms with Crippen LogP contribution in [0.25, 0.3) is 0 Å². The molecular formula is C36H54O8S2. The predicted molar refractivity (Wildman–Crippen MR) is 180 cm³/mol. The Morgan fingerprint density at radius 3 is 2.26 bits per heavy atom. The molecule has 4 aliphatic carbocycles. The molecule has 2 N–H and O–H groups in total. The van der Waals surface area contributed by atoms with Crippen molar-refractivity contribution in [3.05, 3.63) is 47.6 Å². The highest BCUT2D eigenvalue weighted by Gasteiger charge is 2.57. The number of hydrogen-bond donors (Lipinski definition) is 2. The third-order valence-electron chi connectivity index (χ3n) is 13.5. The fourth-order valence-electron chi connectivity index (χ4n) is 10.4. The molecule has 4 aliphatic rings. The monoisotopic (exact) mass is 678 g/mol. The van der Waals surface area contributed by atoms with Crippen LogP contribution in [0.1, 0.15) is 118 Å². The molecule has 1 aromatic carbocycles. The molecule has 7 atom stereocenters. The van der Waals surface area contributed by atoms with Gasteiger partial charge in [-0.05, 0) is 141 Å². The topological polar surface area (TPSA) is 127 Å². The summed E-state index contributed by atoms with van der Waals surface area (Å²) in [5, 5.41) is 0. The van der Waals surface area contributed by atoms with E-state index in [9.17, 15) is 25.9 Å². The van der Waals surface area contributed by atoms with Crippen molar-refractivity contribution in [3.63, 3.8) is 0 Å². The highest BCUT2D eigenvalue weighted by atomic mass is 32.3. The average Bonchev–Trinajstić information content (AvgIpc) is 2.93. The van der Waals surface area contributed by atoms with Gasteiger partial charge in [-0.1, -0.05) is 65.3 Å². The summed E-state index contributed by atoms with van der Waals surface area (Å²) in [6.45, 7) is 19.1. The van der Waals surface area contributed by atoms with Crippen LogP contribution in [0.15, 0.2) is 42.0 Å². The van der Waals surface area contributed by atoms with E-state index >= 15 is 0 Å². The normalized spacial score (nSPS) is 36.3.